The van der Waals surface area contributed by atoms with Gasteiger partial charge in [-0.3, -0.25) is 4.90 Å². The van der Waals surface area contributed by atoms with E-state index in [9.17, 15) is 5.11 Å². The Kier molecular flexibility index (Phi) is 11.6. The van der Waals surface area contributed by atoms with Crippen LogP contribution in [0.2, 0.25) is 0 Å². The van der Waals surface area contributed by atoms with Crippen molar-refractivity contribution in [2.75, 3.05) is 72.5 Å². The lowest BCUT2D eigenvalue weighted by atomic mass is 9.97. The molecule has 2 aromatic carbocycles. The topological polar surface area (TPSA) is 97.3 Å². The molecule has 220 valence electrons. The lowest BCUT2D eigenvalue weighted by Gasteiger charge is -2.48. The minimum Gasteiger partial charge on any atom is -0.462 e. The van der Waals surface area contributed by atoms with Crippen LogP contribution in [0.3, 0.4) is 0 Å². The van der Waals surface area contributed by atoms with Crippen LogP contribution in [0.4, 0.5) is 0 Å². The molecular weight excluding hydrogens is 518 g/mol. The van der Waals surface area contributed by atoms with E-state index in [0.29, 0.717) is 58.4 Å². The van der Waals surface area contributed by atoms with Gasteiger partial charge in [0.15, 0.2) is 6.29 Å². The number of para-hydroxylation sites is 1. The number of fused-ring (bicyclic) bond motifs is 3. The first kappa shape index (κ1) is 29.4. The van der Waals surface area contributed by atoms with Gasteiger partial charge in [-0.2, -0.15) is 0 Å². The van der Waals surface area contributed by atoms with E-state index in [1.807, 2.05) is 60.7 Å². The molecule has 2 aromatic rings. The maximum absolute atomic E-state index is 9.22. The Balaban J connectivity index is 1.32. The van der Waals surface area contributed by atoms with Crippen molar-refractivity contribution in [3.63, 3.8) is 0 Å². The fourth-order valence-electron chi connectivity index (χ4n) is 5.13. The molecule has 3 fully saturated rings. The molecule has 3 aliphatic heterocycles. The van der Waals surface area contributed by atoms with E-state index in [0.717, 1.165) is 25.2 Å². The Morgan fingerprint density at radius 2 is 1.40 bits per heavy atom. The summed E-state index contributed by atoms with van der Waals surface area (Å²) in [4.78, 5) is 2.24. The van der Waals surface area contributed by atoms with Crippen molar-refractivity contribution < 1.29 is 43.0 Å². The number of hydrogen-bond donors (Lipinski definition) is 1. The van der Waals surface area contributed by atoms with Crippen molar-refractivity contribution in [3.05, 3.63) is 66.2 Å². The zero-order chi connectivity index (χ0) is 27.4. The normalized spacial score (nSPS) is 31.2. The van der Waals surface area contributed by atoms with Gasteiger partial charge in [-0.1, -0.05) is 48.5 Å². The summed E-state index contributed by atoms with van der Waals surface area (Å²) in [5.41, 5.74) is 0.931. The molecule has 1 N–H and O–H groups in total. The smallest absolute Gasteiger partial charge is 0.229 e. The molecule has 5 rings (SSSR count). The van der Waals surface area contributed by atoms with Crippen LogP contribution in [0, 0.1) is 0 Å². The molecule has 3 saturated heterocycles. The van der Waals surface area contributed by atoms with Gasteiger partial charge in [0.05, 0.1) is 46.2 Å². The van der Waals surface area contributed by atoms with Gasteiger partial charge in [0.25, 0.3) is 0 Å². The molecule has 0 radical (unpaired) electrons. The molecular formula is C30H41NO9. The van der Waals surface area contributed by atoms with Crippen LogP contribution in [-0.2, 0) is 33.2 Å². The molecule has 0 aliphatic carbocycles. The first-order valence-electron chi connectivity index (χ1n) is 14.2. The molecule has 0 saturated carbocycles. The highest BCUT2D eigenvalue weighted by Crippen LogP contribution is 2.37. The molecule has 0 unspecified atom stereocenters. The fraction of sp³-hybridized carbons (Fsp3) is 0.600. The summed E-state index contributed by atoms with van der Waals surface area (Å²) in [6, 6.07) is 19.4. The number of hydrogen-bond acceptors (Lipinski definition) is 10. The average molecular weight is 560 g/mol. The number of nitrogens with zero attached hydrogens (tertiary/aromatic N) is 1. The maximum Gasteiger partial charge on any atom is 0.229 e. The Morgan fingerprint density at radius 3 is 2.10 bits per heavy atom. The third kappa shape index (κ3) is 8.22. The molecule has 0 bridgehead atoms. The first-order chi connectivity index (χ1) is 19.8. The van der Waals surface area contributed by atoms with Gasteiger partial charge in [0.1, 0.15) is 30.2 Å². The van der Waals surface area contributed by atoms with Crippen molar-refractivity contribution in [1.29, 1.82) is 0 Å². The lowest BCUT2D eigenvalue weighted by Crippen LogP contribution is -2.64. The fourth-order valence-corrected chi connectivity index (χ4v) is 5.13. The SMILES string of the molecule is OCCCN1CCOCCO[C@@H]2[C@@H](OCCOCC1)[C@H](Oc1ccccc1)O[C@@H]1CO[C@@H](c3ccccc3)O[C@@H]21. The Labute approximate surface area is 236 Å². The summed E-state index contributed by atoms with van der Waals surface area (Å²) in [6.07, 6.45) is -2.47. The van der Waals surface area contributed by atoms with Crippen molar-refractivity contribution in [2.45, 2.75) is 43.4 Å². The van der Waals surface area contributed by atoms with E-state index in [1.165, 1.54) is 0 Å². The van der Waals surface area contributed by atoms with Gasteiger partial charge in [-0.15, -0.1) is 0 Å². The number of ether oxygens (including phenoxy) is 8. The second-order valence-corrected chi connectivity index (χ2v) is 9.96. The summed E-state index contributed by atoms with van der Waals surface area (Å²) in [5.74, 6) is 0.673. The van der Waals surface area contributed by atoms with Gasteiger partial charge in [0, 0.05) is 31.8 Å². The van der Waals surface area contributed by atoms with Crippen molar-refractivity contribution in [1.82, 2.24) is 4.90 Å². The molecule has 0 amide bonds. The highest BCUT2D eigenvalue weighted by atomic mass is 16.8. The van der Waals surface area contributed by atoms with Gasteiger partial charge >= 0.3 is 0 Å². The van der Waals surface area contributed by atoms with E-state index in [4.69, 9.17) is 37.9 Å². The predicted octanol–water partition coefficient (Wildman–Crippen LogP) is 2.41. The monoisotopic (exact) mass is 559 g/mol. The van der Waals surface area contributed by atoms with Crippen LogP contribution >= 0.6 is 0 Å². The molecule has 0 spiro atoms. The van der Waals surface area contributed by atoms with Crippen LogP contribution in [0.5, 0.6) is 5.75 Å². The molecule has 3 aliphatic rings. The van der Waals surface area contributed by atoms with Crippen LogP contribution in [0.1, 0.15) is 18.3 Å². The third-order valence-electron chi connectivity index (χ3n) is 7.16. The van der Waals surface area contributed by atoms with Crippen LogP contribution in [0.15, 0.2) is 60.7 Å². The third-order valence-corrected chi connectivity index (χ3v) is 7.16. The van der Waals surface area contributed by atoms with Gasteiger partial charge in [0.2, 0.25) is 6.29 Å². The van der Waals surface area contributed by atoms with Crippen LogP contribution in [0.25, 0.3) is 0 Å². The zero-order valence-electron chi connectivity index (χ0n) is 22.9. The van der Waals surface area contributed by atoms with Crippen molar-refractivity contribution in [2.24, 2.45) is 0 Å². The minimum absolute atomic E-state index is 0.164. The van der Waals surface area contributed by atoms with E-state index in [2.05, 4.69) is 4.90 Å². The molecule has 3 heterocycles. The van der Waals surface area contributed by atoms with Gasteiger partial charge in [-0.05, 0) is 18.6 Å². The summed E-state index contributed by atoms with van der Waals surface area (Å²) < 4.78 is 49.9. The second-order valence-electron chi connectivity index (χ2n) is 9.96. The van der Waals surface area contributed by atoms with E-state index >= 15 is 0 Å². The molecule has 0 aromatic heterocycles. The zero-order valence-corrected chi connectivity index (χ0v) is 22.9. The van der Waals surface area contributed by atoms with Crippen molar-refractivity contribution in [3.8, 4) is 5.75 Å². The van der Waals surface area contributed by atoms with Crippen LogP contribution in [-0.4, -0.2) is 113 Å². The number of rotatable bonds is 6. The van der Waals surface area contributed by atoms with Crippen molar-refractivity contribution >= 4 is 0 Å². The van der Waals surface area contributed by atoms with Gasteiger partial charge < -0.3 is 43.0 Å². The van der Waals surface area contributed by atoms with E-state index in [1.54, 1.807) is 0 Å². The molecule has 10 heteroatoms. The highest BCUT2D eigenvalue weighted by molar-refractivity contribution is 5.21. The Hall–Kier alpha value is -2.12. The largest absolute Gasteiger partial charge is 0.462 e. The summed E-state index contributed by atoms with van der Waals surface area (Å²) in [6.45, 7) is 5.46. The predicted molar refractivity (Wildman–Crippen MR) is 145 cm³/mol. The second kappa shape index (κ2) is 15.8. The summed E-state index contributed by atoms with van der Waals surface area (Å²) >= 11 is 0. The minimum atomic E-state index is -0.736. The molecule has 10 nitrogen and oxygen atoms in total. The Morgan fingerprint density at radius 1 is 0.725 bits per heavy atom. The quantitative estimate of drug-likeness (QED) is 0.568. The van der Waals surface area contributed by atoms with E-state index in [-0.39, 0.29) is 6.61 Å². The summed E-state index contributed by atoms with van der Waals surface area (Å²) in [5, 5.41) is 9.22. The summed E-state index contributed by atoms with van der Waals surface area (Å²) in [7, 11) is 0. The first-order valence-corrected chi connectivity index (χ1v) is 14.2. The maximum atomic E-state index is 9.22. The van der Waals surface area contributed by atoms with Gasteiger partial charge in [-0.25, -0.2) is 0 Å². The van der Waals surface area contributed by atoms with Crippen LogP contribution < -0.4 is 4.74 Å². The van der Waals surface area contributed by atoms with E-state index < -0.39 is 37.0 Å². The number of benzene rings is 2. The number of aliphatic hydroxyl groups excluding tert-OH is 1. The highest BCUT2D eigenvalue weighted by Gasteiger charge is 2.52. The Bertz CT molecular complexity index is 968. The standard InChI is InChI=1S/C30H41NO9/c32-15-7-12-31-13-16-33-18-20-35-27-26-25(22-37-29(40-26)23-8-3-1-4-9-23)39-30(38-24-10-5-2-6-11-24)28(27)36-21-19-34-17-14-31/h1-6,8-11,25-30,32H,7,12-22H2/t25-,26-,27+,28-,29-,30-/m1/s1. The average Bonchev–Trinajstić information content (AvgIpc) is 3.00. The molecule has 6 atom stereocenters. The molecule has 40 heavy (non-hydrogen) atoms. The number of aliphatic hydroxyl groups is 1. The lowest BCUT2D eigenvalue weighted by molar-refractivity contribution is -0.360.